The van der Waals surface area contributed by atoms with Gasteiger partial charge in [0.15, 0.2) is 6.29 Å². The molecule has 1 amide bonds. The summed E-state index contributed by atoms with van der Waals surface area (Å²) < 4.78 is 5.31. The van der Waals surface area contributed by atoms with Gasteiger partial charge in [-0.25, -0.2) is 0 Å². The number of rotatable bonds is 1. The van der Waals surface area contributed by atoms with Gasteiger partial charge in [0.05, 0.1) is 24.4 Å². The van der Waals surface area contributed by atoms with E-state index in [4.69, 9.17) is 9.73 Å². The van der Waals surface area contributed by atoms with Crippen molar-refractivity contribution in [3.05, 3.63) is 34.9 Å². The Morgan fingerprint density at radius 2 is 2.31 bits per heavy atom. The fourth-order valence-electron chi connectivity index (χ4n) is 5.08. The molecule has 0 spiro atoms. The second-order valence-electron chi connectivity index (χ2n) is 7.92. The second kappa shape index (κ2) is 5.62. The van der Waals surface area contributed by atoms with Crippen molar-refractivity contribution < 1.29 is 19.7 Å². The first-order chi connectivity index (χ1) is 12.5. The van der Waals surface area contributed by atoms with Gasteiger partial charge in [0.2, 0.25) is 0 Å². The van der Waals surface area contributed by atoms with Crippen molar-refractivity contribution in [1.29, 1.82) is 0 Å². The SMILES string of the molecule is CCC1(O)C2=C(COC1O)C(=O)N1CC3=CC4CCC=CC4N=C3C1C2. The number of aliphatic hydroxyl groups excluding tert-OH is 1. The minimum absolute atomic E-state index is 0.0559. The Balaban J connectivity index is 1.56. The minimum atomic E-state index is -1.50. The third-order valence-electron chi connectivity index (χ3n) is 6.64. The number of dihydropyridines is 1. The number of hydrogen-bond donors (Lipinski definition) is 2. The molecule has 4 heterocycles. The summed E-state index contributed by atoms with van der Waals surface area (Å²) in [5, 5.41) is 21.2. The van der Waals surface area contributed by atoms with E-state index in [1.807, 2.05) is 4.90 Å². The summed E-state index contributed by atoms with van der Waals surface area (Å²) in [5.74, 6) is 0.335. The highest BCUT2D eigenvalue weighted by Crippen LogP contribution is 2.44. The van der Waals surface area contributed by atoms with E-state index in [1.165, 1.54) is 0 Å². The van der Waals surface area contributed by atoms with Crippen LogP contribution in [0.1, 0.15) is 32.6 Å². The number of aliphatic imine (C=N–C) groups is 1. The van der Waals surface area contributed by atoms with E-state index in [2.05, 4.69) is 18.2 Å². The molecule has 0 bridgehead atoms. The number of ether oxygens (including phenoxy) is 1. The average molecular weight is 356 g/mol. The Morgan fingerprint density at radius 3 is 3.12 bits per heavy atom. The fourth-order valence-corrected chi connectivity index (χ4v) is 5.08. The Labute approximate surface area is 152 Å². The maximum atomic E-state index is 13.1. The molecule has 0 aromatic heterocycles. The predicted molar refractivity (Wildman–Crippen MR) is 95.5 cm³/mol. The highest BCUT2D eigenvalue weighted by molar-refractivity contribution is 6.13. The van der Waals surface area contributed by atoms with Gasteiger partial charge in [0.25, 0.3) is 5.91 Å². The van der Waals surface area contributed by atoms with Crippen LogP contribution in [0.15, 0.2) is 39.9 Å². The predicted octanol–water partition coefficient (Wildman–Crippen LogP) is 1.10. The molecular weight excluding hydrogens is 332 g/mol. The van der Waals surface area contributed by atoms with Crippen molar-refractivity contribution in [2.75, 3.05) is 13.2 Å². The number of allylic oxidation sites excluding steroid dienone is 1. The van der Waals surface area contributed by atoms with Crippen LogP contribution in [0.4, 0.5) is 0 Å². The number of carbonyl (C=O) groups is 1. The lowest BCUT2D eigenvalue weighted by atomic mass is 9.77. The maximum absolute atomic E-state index is 13.1. The average Bonchev–Trinajstić information content (AvgIpc) is 3.01. The van der Waals surface area contributed by atoms with Gasteiger partial charge >= 0.3 is 0 Å². The molecule has 1 aliphatic carbocycles. The topological polar surface area (TPSA) is 82.4 Å². The van der Waals surface area contributed by atoms with Gasteiger partial charge in [-0.15, -0.1) is 0 Å². The number of nitrogens with zero attached hydrogens (tertiary/aromatic N) is 2. The van der Waals surface area contributed by atoms with E-state index in [9.17, 15) is 15.0 Å². The molecule has 5 aliphatic rings. The van der Waals surface area contributed by atoms with E-state index in [0.29, 0.717) is 36.5 Å². The molecular formula is C20H24N2O4. The van der Waals surface area contributed by atoms with Gasteiger partial charge < -0.3 is 19.8 Å². The zero-order chi connectivity index (χ0) is 18.1. The van der Waals surface area contributed by atoms with Crippen molar-refractivity contribution in [1.82, 2.24) is 4.90 Å². The van der Waals surface area contributed by atoms with Crippen molar-refractivity contribution in [3.63, 3.8) is 0 Å². The third-order valence-corrected chi connectivity index (χ3v) is 6.64. The Kier molecular flexibility index (Phi) is 3.55. The number of amides is 1. The minimum Gasteiger partial charge on any atom is -0.380 e. The van der Waals surface area contributed by atoms with Gasteiger partial charge in [-0.3, -0.25) is 9.79 Å². The molecule has 0 aromatic carbocycles. The molecule has 26 heavy (non-hydrogen) atoms. The van der Waals surface area contributed by atoms with Crippen LogP contribution in [0.3, 0.4) is 0 Å². The van der Waals surface area contributed by atoms with E-state index in [-0.39, 0.29) is 24.6 Å². The normalized spacial score (nSPS) is 41.2. The molecule has 0 aromatic rings. The number of aliphatic hydroxyl groups is 2. The molecule has 0 radical (unpaired) electrons. The molecule has 138 valence electrons. The van der Waals surface area contributed by atoms with Crippen LogP contribution in [0.2, 0.25) is 0 Å². The molecule has 5 atom stereocenters. The van der Waals surface area contributed by atoms with Crippen molar-refractivity contribution in [2.24, 2.45) is 10.9 Å². The third kappa shape index (κ3) is 2.09. The van der Waals surface area contributed by atoms with Gasteiger partial charge in [0.1, 0.15) is 5.60 Å². The molecule has 2 N–H and O–H groups in total. The van der Waals surface area contributed by atoms with Crippen molar-refractivity contribution in [3.8, 4) is 0 Å². The second-order valence-corrected chi connectivity index (χ2v) is 7.92. The summed E-state index contributed by atoms with van der Waals surface area (Å²) in [4.78, 5) is 20.0. The lowest BCUT2D eigenvalue weighted by molar-refractivity contribution is -0.207. The van der Waals surface area contributed by atoms with Crippen LogP contribution in [-0.2, 0) is 9.53 Å². The number of carbonyl (C=O) groups excluding carboxylic acids is 1. The van der Waals surface area contributed by atoms with Gasteiger partial charge in [-0.05, 0) is 36.8 Å². The first kappa shape index (κ1) is 16.4. The zero-order valence-corrected chi connectivity index (χ0v) is 14.9. The fraction of sp³-hybridized carbons (Fsp3) is 0.600. The standard InChI is InChI=1S/C20H24N2O4/c1-2-20(25)14-8-16-17-12(7-11-5-3-4-6-15(11)21-17)9-22(16)18(23)13(14)10-26-19(20)24/h4,6-7,11,15-16,19,24-25H,2-3,5,8-10H2,1H3. The smallest absolute Gasteiger partial charge is 0.253 e. The van der Waals surface area contributed by atoms with Crippen LogP contribution >= 0.6 is 0 Å². The summed E-state index contributed by atoms with van der Waals surface area (Å²) in [5.41, 5.74) is 1.78. The Bertz CT molecular complexity index is 796. The van der Waals surface area contributed by atoms with Gasteiger partial charge in [-0.2, -0.15) is 0 Å². The molecule has 0 saturated carbocycles. The summed E-state index contributed by atoms with van der Waals surface area (Å²) in [6.45, 7) is 2.44. The molecule has 6 nitrogen and oxygen atoms in total. The summed E-state index contributed by atoms with van der Waals surface area (Å²) in [6, 6.07) is 0.0189. The molecule has 6 heteroatoms. The highest BCUT2D eigenvalue weighted by Gasteiger charge is 2.53. The van der Waals surface area contributed by atoms with Crippen LogP contribution in [0, 0.1) is 5.92 Å². The molecule has 5 unspecified atom stereocenters. The summed E-state index contributed by atoms with van der Waals surface area (Å²) >= 11 is 0. The van der Waals surface area contributed by atoms with Crippen LogP contribution in [-0.4, -0.2) is 63.9 Å². The molecule has 4 aliphatic heterocycles. The first-order valence-corrected chi connectivity index (χ1v) is 9.54. The lowest BCUT2D eigenvalue weighted by Gasteiger charge is -2.44. The van der Waals surface area contributed by atoms with Crippen LogP contribution in [0.25, 0.3) is 0 Å². The first-order valence-electron chi connectivity index (χ1n) is 9.54. The van der Waals surface area contributed by atoms with Crippen molar-refractivity contribution >= 4 is 11.6 Å². The van der Waals surface area contributed by atoms with Gasteiger partial charge in [0, 0.05) is 18.0 Å². The monoisotopic (exact) mass is 356 g/mol. The van der Waals surface area contributed by atoms with Crippen LogP contribution < -0.4 is 0 Å². The highest BCUT2D eigenvalue weighted by atomic mass is 16.6. The molecule has 1 fully saturated rings. The van der Waals surface area contributed by atoms with E-state index in [1.54, 1.807) is 6.92 Å². The summed E-state index contributed by atoms with van der Waals surface area (Å²) in [7, 11) is 0. The number of fused-ring (bicyclic) bond motifs is 4. The largest absolute Gasteiger partial charge is 0.380 e. The summed E-state index contributed by atoms with van der Waals surface area (Å²) in [6.07, 6.45) is 8.38. The van der Waals surface area contributed by atoms with E-state index < -0.39 is 11.9 Å². The molecule has 1 saturated heterocycles. The zero-order valence-electron chi connectivity index (χ0n) is 14.9. The Hall–Kier alpha value is -1.76. The Morgan fingerprint density at radius 1 is 1.46 bits per heavy atom. The lowest BCUT2D eigenvalue weighted by Crippen LogP contribution is -2.56. The number of hydrogen-bond acceptors (Lipinski definition) is 5. The maximum Gasteiger partial charge on any atom is 0.253 e. The van der Waals surface area contributed by atoms with Crippen molar-refractivity contribution in [2.45, 2.75) is 56.6 Å². The van der Waals surface area contributed by atoms with Gasteiger partial charge in [-0.1, -0.05) is 25.2 Å². The van der Waals surface area contributed by atoms with Crippen LogP contribution in [0.5, 0.6) is 0 Å². The van der Waals surface area contributed by atoms with E-state index in [0.717, 1.165) is 24.1 Å². The quantitative estimate of drug-likeness (QED) is 0.690. The molecule has 5 rings (SSSR count). The van der Waals surface area contributed by atoms with E-state index >= 15 is 0 Å².